The zero-order chi connectivity index (χ0) is 21.1. The van der Waals surface area contributed by atoms with Crippen molar-refractivity contribution in [1.29, 1.82) is 0 Å². The smallest absolute Gasteiger partial charge is 0.165 e. The van der Waals surface area contributed by atoms with Crippen molar-refractivity contribution in [2.24, 2.45) is 11.3 Å². The van der Waals surface area contributed by atoms with Crippen LogP contribution in [0.15, 0.2) is 12.1 Å². The molecule has 4 bridgehead atoms. The standard InChI is InChI=1S/C25H35NO4/c1-6-22(2,27)17-14-23-9-10-25(17,29-5)21-24(23)11-12-26(3)18(23)13-15-7-8-16(28-4)20(30-21)19(15)24/h7-8,17-18,21,27H,6,9-14H2,1-5H3/t17-,18-,21-,22?,23-,24+,25-/m1/s1. The molecule has 2 heterocycles. The van der Waals surface area contributed by atoms with Crippen molar-refractivity contribution in [1.82, 2.24) is 4.90 Å². The molecule has 1 unspecified atom stereocenters. The summed E-state index contributed by atoms with van der Waals surface area (Å²) in [7, 11) is 5.88. The summed E-state index contributed by atoms with van der Waals surface area (Å²) in [6, 6.07) is 4.83. The SMILES string of the molecule is CCC(C)(O)[C@H]1C[C@@]23CC[C@]1(OC)[C@@H]1Oc4c(OC)ccc5c4[C@@]12CCN(C)[C@@H]3C5. The lowest BCUT2D eigenvalue weighted by molar-refractivity contribution is -0.301. The van der Waals surface area contributed by atoms with Crippen molar-refractivity contribution in [3.8, 4) is 11.5 Å². The largest absolute Gasteiger partial charge is 0.493 e. The van der Waals surface area contributed by atoms with Crippen LogP contribution in [-0.4, -0.2) is 61.2 Å². The molecule has 0 radical (unpaired) electrons. The van der Waals surface area contributed by atoms with Crippen LogP contribution in [-0.2, 0) is 16.6 Å². The second-order valence-corrected chi connectivity index (χ2v) is 10.8. The number of hydrogen-bond acceptors (Lipinski definition) is 5. The van der Waals surface area contributed by atoms with E-state index >= 15 is 0 Å². The highest BCUT2D eigenvalue weighted by atomic mass is 16.6. The molecule has 0 amide bonds. The molecule has 1 aromatic carbocycles. The number of ether oxygens (including phenoxy) is 3. The molecule has 164 valence electrons. The van der Waals surface area contributed by atoms with E-state index in [0.717, 1.165) is 56.6 Å². The van der Waals surface area contributed by atoms with Gasteiger partial charge in [0.05, 0.1) is 12.7 Å². The van der Waals surface area contributed by atoms with Crippen LogP contribution in [0.25, 0.3) is 0 Å². The predicted octanol–water partition coefficient (Wildman–Crippen LogP) is 3.30. The van der Waals surface area contributed by atoms with E-state index in [-0.39, 0.29) is 22.9 Å². The summed E-state index contributed by atoms with van der Waals surface area (Å²) >= 11 is 0. The number of hydrogen-bond donors (Lipinski definition) is 1. The van der Waals surface area contributed by atoms with Gasteiger partial charge in [0.2, 0.25) is 0 Å². The van der Waals surface area contributed by atoms with Crippen LogP contribution in [0.3, 0.4) is 0 Å². The summed E-state index contributed by atoms with van der Waals surface area (Å²) < 4.78 is 19.2. The molecule has 1 N–H and O–H groups in total. The van der Waals surface area contributed by atoms with Gasteiger partial charge in [-0.25, -0.2) is 0 Å². The Labute approximate surface area is 179 Å². The lowest BCUT2D eigenvalue weighted by Crippen LogP contribution is -2.82. The van der Waals surface area contributed by atoms with Crippen LogP contribution >= 0.6 is 0 Å². The fourth-order valence-electron chi connectivity index (χ4n) is 8.81. The van der Waals surface area contributed by atoms with Crippen molar-refractivity contribution in [3.63, 3.8) is 0 Å². The molecular formula is C25H35NO4. The van der Waals surface area contributed by atoms with E-state index in [2.05, 4.69) is 31.0 Å². The van der Waals surface area contributed by atoms with Gasteiger partial charge in [0, 0.05) is 35.5 Å². The average Bonchev–Trinajstić information content (AvgIpc) is 3.13. The molecule has 0 aromatic heterocycles. The minimum atomic E-state index is -0.777. The molecular weight excluding hydrogens is 378 g/mol. The first-order valence-corrected chi connectivity index (χ1v) is 11.7. The maximum atomic E-state index is 11.6. The number of nitrogens with zero attached hydrogens (tertiary/aromatic N) is 1. The Morgan fingerprint density at radius 2 is 2.07 bits per heavy atom. The number of likely N-dealkylation sites (N-methyl/N-ethyl adjacent to an activating group) is 1. The van der Waals surface area contributed by atoms with Crippen LogP contribution in [0.1, 0.15) is 57.1 Å². The van der Waals surface area contributed by atoms with E-state index in [1.165, 1.54) is 11.1 Å². The van der Waals surface area contributed by atoms with Gasteiger partial charge in [0.1, 0.15) is 11.7 Å². The van der Waals surface area contributed by atoms with E-state index in [4.69, 9.17) is 14.2 Å². The van der Waals surface area contributed by atoms with E-state index < -0.39 is 11.2 Å². The van der Waals surface area contributed by atoms with Crippen LogP contribution < -0.4 is 9.47 Å². The fraction of sp³-hybridized carbons (Fsp3) is 0.760. The van der Waals surface area contributed by atoms with E-state index in [1.807, 2.05) is 14.0 Å². The topological polar surface area (TPSA) is 51.2 Å². The first-order chi connectivity index (χ1) is 14.3. The van der Waals surface area contributed by atoms with Gasteiger partial charge in [0.15, 0.2) is 11.5 Å². The molecule has 30 heavy (non-hydrogen) atoms. The summed E-state index contributed by atoms with van der Waals surface area (Å²) in [5.74, 6) is 1.85. The molecule has 5 nitrogen and oxygen atoms in total. The Kier molecular flexibility index (Phi) is 3.70. The maximum Gasteiger partial charge on any atom is 0.165 e. The molecule has 5 heteroatoms. The first kappa shape index (κ1) is 19.4. The first-order valence-electron chi connectivity index (χ1n) is 11.7. The number of methoxy groups -OCH3 is 2. The van der Waals surface area contributed by atoms with E-state index in [1.54, 1.807) is 7.11 Å². The van der Waals surface area contributed by atoms with Crippen LogP contribution in [0.2, 0.25) is 0 Å². The molecule has 6 aliphatic rings. The Morgan fingerprint density at radius 1 is 1.27 bits per heavy atom. The minimum Gasteiger partial charge on any atom is -0.493 e. The van der Waals surface area contributed by atoms with E-state index in [9.17, 15) is 5.11 Å². The summed E-state index contributed by atoms with van der Waals surface area (Å²) in [4.78, 5) is 2.59. The number of fused-ring (bicyclic) bond motifs is 2. The van der Waals surface area contributed by atoms with Gasteiger partial charge in [0.25, 0.3) is 0 Å². The second kappa shape index (κ2) is 5.73. The number of piperidine rings is 1. The summed E-state index contributed by atoms with van der Waals surface area (Å²) in [6.45, 7) is 5.19. The second-order valence-electron chi connectivity index (χ2n) is 10.8. The van der Waals surface area contributed by atoms with Gasteiger partial charge in [-0.1, -0.05) is 13.0 Å². The lowest BCUT2D eigenvalue weighted by atomic mass is 9.33. The number of aliphatic hydroxyl groups is 1. The van der Waals surface area contributed by atoms with Gasteiger partial charge in [-0.3, -0.25) is 0 Å². The fourth-order valence-corrected chi connectivity index (χ4v) is 8.81. The molecule has 1 saturated heterocycles. The monoisotopic (exact) mass is 413 g/mol. The van der Waals surface area contributed by atoms with Crippen LogP contribution in [0.5, 0.6) is 11.5 Å². The van der Waals surface area contributed by atoms with Gasteiger partial charge < -0.3 is 24.2 Å². The van der Waals surface area contributed by atoms with Crippen molar-refractivity contribution < 1.29 is 19.3 Å². The van der Waals surface area contributed by atoms with Crippen LogP contribution in [0, 0.1) is 11.3 Å². The Morgan fingerprint density at radius 3 is 2.77 bits per heavy atom. The molecule has 3 saturated carbocycles. The number of rotatable bonds is 4. The van der Waals surface area contributed by atoms with Gasteiger partial charge in [-0.05, 0) is 70.7 Å². The van der Waals surface area contributed by atoms with Gasteiger partial charge in [-0.2, -0.15) is 0 Å². The normalized spacial score (nSPS) is 44.9. The third-order valence-electron chi connectivity index (χ3n) is 10.3. The van der Waals surface area contributed by atoms with E-state index in [0.29, 0.717) is 6.04 Å². The third kappa shape index (κ3) is 1.81. The Hall–Kier alpha value is -1.30. The third-order valence-corrected chi connectivity index (χ3v) is 10.3. The Bertz CT molecular complexity index is 915. The highest BCUT2D eigenvalue weighted by Crippen LogP contribution is 2.77. The molecule has 2 aliphatic heterocycles. The van der Waals surface area contributed by atoms with Crippen molar-refractivity contribution in [2.45, 2.75) is 81.1 Å². The molecule has 4 fully saturated rings. The minimum absolute atomic E-state index is 0.0454. The number of benzene rings is 1. The quantitative estimate of drug-likeness (QED) is 0.821. The van der Waals surface area contributed by atoms with Gasteiger partial charge >= 0.3 is 0 Å². The zero-order valence-corrected chi connectivity index (χ0v) is 19.0. The lowest BCUT2D eigenvalue weighted by Gasteiger charge is -2.74. The average molecular weight is 414 g/mol. The van der Waals surface area contributed by atoms with Gasteiger partial charge in [-0.15, -0.1) is 0 Å². The van der Waals surface area contributed by atoms with Crippen molar-refractivity contribution in [3.05, 3.63) is 23.3 Å². The van der Waals surface area contributed by atoms with Crippen LogP contribution in [0.4, 0.5) is 0 Å². The zero-order valence-electron chi connectivity index (χ0n) is 19.0. The number of likely N-dealkylation sites (tertiary alicyclic amines) is 1. The maximum absolute atomic E-state index is 11.6. The highest BCUT2D eigenvalue weighted by Gasteiger charge is 2.81. The highest BCUT2D eigenvalue weighted by molar-refractivity contribution is 5.63. The summed E-state index contributed by atoms with van der Waals surface area (Å²) in [5, 5.41) is 11.6. The molecule has 2 spiro atoms. The predicted molar refractivity (Wildman–Crippen MR) is 114 cm³/mol. The summed E-state index contributed by atoms with van der Waals surface area (Å²) in [5.41, 5.74) is 1.65. The van der Waals surface area contributed by atoms with Crippen molar-refractivity contribution in [2.75, 3.05) is 27.8 Å². The molecule has 7 rings (SSSR count). The summed E-state index contributed by atoms with van der Waals surface area (Å²) in [6.07, 6.45) is 5.90. The Balaban J connectivity index is 1.67. The molecule has 1 aromatic rings. The molecule has 7 atom stereocenters. The molecule has 4 aliphatic carbocycles. The van der Waals surface area contributed by atoms with Crippen molar-refractivity contribution >= 4 is 0 Å².